The van der Waals surface area contributed by atoms with Gasteiger partial charge in [-0.3, -0.25) is 0 Å². The highest BCUT2D eigenvalue weighted by molar-refractivity contribution is 9.10. The van der Waals surface area contributed by atoms with Crippen molar-refractivity contribution in [1.82, 2.24) is 5.32 Å². The third-order valence-corrected chi connectivity index (χ3v) is 4.75. The molecule has 6 heteroatoms. The second-order valence-electron chi connectivity index (χ2n) is 4.40. The average molecular weight is 454 g/mol. The largest absolute Gasteiger partial charge is 0.495 e. The van der Waals surface area contributed by atoms with E-state index in [9.17, 15) is 0 Å². The summed E-state index contributed by atoms with van der Waals surface area (Å²) in [5, 5.41) is 4.57. The standard InChI is InChI=1S/C15H13Br2Cl2NO/c1-20-14(10-5-8(16)3-4-13(10)19)11-6-9(18)7-12(17)15(11)21-2/h3-7,14,20H,1-2H3. The third-order valence-electron chi connectivity index (χ3n) is 3.11. The molecule has 2 aromatic rings. The molecule has 0 aliphatic heterocycles. The molecule has 0 amide bonds. The van der Waals surface area contributed by atoms with Crippen LogP contribution in [0.3, 0.4) is 0 Å². The first kappa shape index (κ1) is 17.1. The monoisotopic (exact) mass is 451 g/mol. The van der Waals surface area contributed by atoms with Crippen molar-refractivity contribution in [3.8, 4) is 5.75 Å². The van der Waals surface area contributed by atoms with Crippen LogP contribution in [0.2, 0.25) is 10.0 Å². The molecule has 0 fully saturated rings. The van der Waals surface area contributed by atoms with E-state index in [4.69, 9.17) is 27.9 Å². The number of hydrogen-bond acceptors (Lipinski definition) is 2. The maximum atomic E-state index is 6.35. The van der Waals surface area contributed by atoms with Gasteiger partial charge in [0.05, 0.1) is 17.6 Å². The van der Waals surface area contributed by atoms with Crippen molar-refractivity contribution in [3.05, 3.63) is 60.4 Å². The molecule has 0 aliphatic carbocycles. The Bertz CT molecular complexity index is 664. The lowest BCUT2D eigenvalue weighted by atomic mass is 9.98. The van der Waals surface area contributed by atoms with E-state index in [1.807, 2.05) is 31.3 Å². The van der Waals surface area contributed by atoms with Crippen LogP contribution in [0.1, 0.15) is 17.2 Å². The van der Waals surface area contributed by atoms with Crippen molar-refractivity contribution >= 4 is 55.1 Å². The second kappa shape index (κ2) is 7.34. The number of rotatable bonds is 4. The summed E-state index contributed by atoms with van der Waals surface area (Å²) < 4.78 is 7.27. The minimum Gasteiger partial charge on any atom is -0.495 e. The Morgan fingerprint density at radius 2 is 1.81 bits per heavy atom. The first-order valence-corrected chi connectivity index (χ1v) is 8.47. The van der Waals surface area contributed by atoms with Crippen LogP contribution < -0.4 is 10.1 Å². The van der Waals surface area contributed by atoms with Crippen LogP contribution in [-0.4, -0.2) is 14.2 Å². The van der Waals surface area contributed by atoms with Crippen molar-refractivity contribution in [2.24, 2.45) is 0 Å². The molecular weight excluding hydrogens is 441 g/mol. The highest BCUT2D eigenvalue weighted by Gasteiger charge is 2.21. The second-order valence-corrected chi connectivity index (χ2v) is 7.01. The number of ether oxygens (including phenoxy) is 1. The third kappa shape index (κ3) is 3.74. The maximum absolute atomic E-state index is 6.35. The summed E-state index contributed by atoms with van der Waals surface area (Å²) in [4.78, 5) is 0. The van der Waals surface area contributed by atoms with Gasteiger partial charge in [-0.2, -0.15) is 0 Å². The summed E-state index contributed by atoms with van der Waals surface area (Å²) in [6, 6.07) is 9.29. The van der Waals surface area contributed by atoms with Gasteiger partial charge in [0, 0.05) is 20.1 Å². The highest BCUT2D eigenvalue weighted by Crippen LogP contribution is 2.40. The molecule has 2 nitrogen and oxygen atoms in total. The molecule has 0 saturated heterocycles. The number of benzene rings is 2. The Morgan fingerprint density at radius 3 is 2.43 bits per heavy atom. The Hall–Kier alpha value is -0.260. The van der Waals surface area contributed by atoms with Crippen molar-refractivity contribution in [2.45, 2.75) is 6.04 Å². The summed E-state index contributed by atoms with van der Waals surface area (Å²) in [7, 11) is 3.50. The molecule has 0 aliphatic rings. The van der Waals surface area contributed by atoms with E-state index in [1.54, 1.807) is 13.2 Å². The first-order chi connectivity index (χ1) is 9.97. The highest BCUT2D eigenvalue weighted by atomic mass is 79.9. The Kier molecular flexibility index (Phi) is 5.97. The molecular formula is C15H13Br2Cl2NO. The number of halogens is 4. The summed E-state index contributed by atoms with van der Waals surface area (Å²) in [5.74, 6) is 0.731. The summed E-state index contributed by atoms with van der Waals surface area (Å²) in [6.07, 6.45) is 0. The lowest BCUT2D eigenvalue weighted by Crippen LogP contribution is -2.19. The van der Waals surface area contributed by atoms with E-state index < -0.39 is 0 Å². The van der Waals surface area contributed by atoms with Crippen LogP contribution in [-0.2, 0) is 0 Å². The van der Waals surface area contributed by atoms with Gasteiger partial charge in [0.15, 0.2) is 0 Å². The van der Waals surface area contributed by atoms with Crippen LogP contribution in [0.15, 0.2) is 39.3 Å². The van der Waals surface area contributed by atoms with Crippen molar-refractivity contribution < 1.29 is 4.74 Å². The van der Waals surface area contributed by atoms with Crippen LogP contribution in [0, 0.1) is 0 Å². The van der Waals surface area contributed by atoms with Gasteiger partial charge in [-0.25, -0.2) is 0 Å². The zero-order valence-electron chi connectivity index (χ0n) is 11.4. The number of hydrogen-bond donors (Lipinski definition) is 1. The SMILES string of the molecule is CNC(c1cc(Br)ccc1Cl)c1cc(Cl)cc(Br)c1OC. The van der Waals surface area contributed by atoms with Crippen LogP contribution in [0.25, 0.3) is 0 Å². The predicted octanol–water partition coefficient (Wildman–Crippen LogP) is 5.84. The van der Waals surface area contributed by atoms with Crippen molar-refractivity contribution in [1.29, 1.82) is 0 Å². The van der Waals surface area contributed by atoms with Crippen molar-refractivity contribution in [3.63, 3.8) is 0 Å². The van der Waals surface area contributed by atoms with Crippen molar-refractivity contribution in [2.75, 3.05) is 14.2 Å². The molecule has 2 rings (SSSR count). The molecule has 0 bridgehead atoms. The topological polar surface area (TPSA) is 21.3 Å². The fourth-order valence-corrected chi connectivity index (χ4v) is 3.83. The zero-order chi connectivity index (χ0) is 15.6. The van der Waals surface area contributed by atoms with E-state index in [2.05, 4.69) is 37.2 Å². The smallest absolute Gasteiger partial charge is 0.138 e. The lowest BCUT2D eigenvalue weighted by Gasteiger charge is -2.22. The minimum absolute atomic E-state index is 0.139. The Labute approximate surface area is 151 Å². The van der Waals surface area contributed by atoms with Crippen LogP contribution >= 0.6 is 55.1 Å². The van der Waals surface area contributed by atoms with Gasteiger partial charge >= 0.3 is 0 Å². The Morgan fingerprint density at radius 1 is 1.10 bits per heavy atom. The minimum atomic E-state index is -0.139. The van der Waals surface area contributed by atoms with Crippen LogP contribution in [0.5, 0.6) is 5.75 Å². The van der Waals surface area contributed by atoms with Gasteiger partial charge in [0.2, 0.25) is 0 Å². The van der Waals surface area contributed by atoms with Gasteiger partial charge in [-0.05, 0) is 58.9 Å². The fraction of sp³-hybridized carbons (Fsp3) is 0.200. The quantitative estimate of drug-likeness (QED) is 0.628. The van der Waals surface area contributed by atoms with E-state index in [-0.39, 0.29) is 6.04 Å². The predicted molar refractivity (Wildman–Crippen MR) is 95.8 cm³/mol. The average Bonchev–Trinajstić information content (AvgIpc) is 2.43. The lowest BCUT2D eigenvalue weighted by molar-refractivity contribution is 0.403. The molecule has 0 radical (unpaired) electrons. The van der Waals surface area contributed by atoms with E-state index in [0.29, 0.717) is 10.0 Å². The van der Waals surface area contributed by atoms with Gasteiger partial charge in [0.25, 0.3) is 0 Å². The number of nitrogens with one attached hydrogen (secondary N) is 1. The summed E-state index contributed by atoms with van der Waals surface area (Å²) in [5.41, 5.74) is 1.86. The zero-order valence-corrected chi connectivity index (χ0v) is 16.1. The molecule has 0 saturated carbocycles. The molecule has 1 unspecified atom stereocenters. The Balaban J connectivity index is 2.64. The fourth-order valence-electron chi connectivity index (χ4n) is 2.22. The molecule has 2 aromatic carbocycles. The van der Waals surface area contributed by atoms with Gasteiger partial charge < -0.3 is 10.1 Å². The maximum Gasteiger partial charge on any atom is 0.138 e. The van der Waals surface area contributed by atoms with Gasteiger partial charge in [-0.15, -0.1) is 0 Å². The molecule has 1 atom stereocenters. The first-order valence-electron chi connectivity index (χ1n) is 6.13. The van der Waals surface area contributed by atoms with Crippen LogP contribution in [0.4, 0.5) is 0 Å². The van der Waals surface area contributed by atoms with E-state index >= 15 is 0 Å². The molecule has 1 N–H and O–H groups in total. The van der Waals surface area contributed by atoms with Gasteiger partial charge in [-0.1, -0.05) is 39.1 Å². The molecule has 0 aromatic heterocycles. The molecule has 112 valence electrons. The summed E-state index contributed by atoms with van der Waals surface area (Å²) in [6.45, 7) is 0. The molecule has 21 heavy (non-hydrogen) atoms. The molecule has 0 spiro atoms. The van der Waals surface area contributed by atoms with E-state index in [1.165, 1.54) is 0 Å². The molecule has 0 heterocycles. The normalized spacial score (nSPS) is 12.3. The summed E-state index contributed by atoms with van der Waals surface area (Å²) >= 11 is 19.5. The van der Waals surface area contributed by atoms with Gasteiger partial charge in [0.1, 0.15) is 5.75 Å². The van der Waals surface area contributed by atoms with E-state index in [0.717, 1.165) is 25.8 Å². The number of methoxy groups -OCH3 is 1.